The van der Waals surface area contributed by atoms with Gasteiger partial charge in [0.05, 0.1) is 17.1 Å². The molecule has 0 atom stereocenters. The van der Waals surface area contributed by atoms with Crippen LogP contribution in [-0.4, -0.2) is 0 Å². The summed E-state index contributed by atoms with van der Waals surface area (Å²) in [6.07, 6.45) is 0. The molecule has 0 aliphatic heterocycles. The standard InChI is InChI=1S/C55H39NO/c1-55(2)46-30-10-6-25-45(46)53-43(28-16-31-47(53)55)40-23-8-12-33-49(40)56(50-34-17-29-44-41-24-9-13-35-51(41)57-54(44)50)48-32-11-7-22-39(48)42-27-15-21-37-20-14-26-38(52(37)42)36-18-4-3-5-19-36/h3-35H,1-2H3. The minimum Gasteiger partial charge on any atom is -0.454 e. The van der Waals surface area contributed by atoms with Gasteiger partial charge in [0.1, 0.15) is 5.58 Å². The van der Waals surface area contributed by atoms with Crippen molar-refractivity contribution in [2.45, 2.75) is 19.3 Å². The molecule has 0 N–H and O–H groups in total. The van der Waals surface area contributed by atoms with E-state index in [1.807, 2.05) is 6.07 Å². The number of hydrogen-bond donors (Lipinski definition) is 0. The van der Waals surface area contributed by atoms with Crippen molar-refractivity contribution in [2.24, 2.45) is 0 Å². The van der Waals surface area contributed by atoms with Gasteiger partial charge >= 0.3 is 0 Å². The molecule has 1 heterocycles. The van der Waals surface area contributed by atoms with Gasteiger partial charge in [0.2, 0.25) is 0 Å². The Kier molecular flexibility index (Phi) is 7.55. The molecule has 11 rings (SSSR count). The quantitative estimate of drug-likeness (QED) is 0.169. The SMILES string of the molecule is CC1(C)c2ccccc2-c2c(-c3ccccc3N(c3ccccc3-c3cccc4cccc(-c5ccccc5)c34)c3cccc4c3oc3ccccc34)cccc21. The van der Waals surface area contributed by atoms with Gasteiger partial charge in [0.15, 0.2) is 5.58 Å². The number of para-hydroxylation sites is 4. The molecule has 0 amide bonds. The zero-order valence-corrected chi connectivity index (χ0v) is 31.9. The number of hydrogen-bond acceptors (Lipinski definition) is 2. The van der Waals surface area contributed by atoms with Crippen LogP contribution in [0.3, 0.4) is 0 Å². The zero-order valence-electron chi connectivity index (χ0n) is 31.9. The van der Waals surface area contributed by atoms with Crippen molar-refractivity contribution in [3.63, 3.8) is 0 Å². The van der Waals surface area contributed by atoms with E-state index >= 15 is 0 Å². The second-order valence-corrected chi connectivity index (χ2v) is 15.6. The van der Waals surface area contributed by atoms with E-state index < -0.39 is 0 Å². The fourth-order valence-electron chi connectivity index (χ4n) is 9.49. The molecule has 0 spiro atoms. The first-order chi connectivity index (χ1) is 28.1. The summed E-state index contributed by atoms with van der Waals surface area (Å²) in [7, 11) is 0. The average Bonchev–Trinajstić information content (AvgIpc) is 3.77. The van der Waals surface area contributed by atoms with Crippen LogP contribution in [0.15, 0.2) is 205 Å². The first-order valence-corrected chi connectivity index (χ1v) is 19.8. The number of nitrogens with zero attached hydrogens (tertiary/aromatic N) is 1. The summed E-state index contributed by atoms with van der Waals surface area (Å²) in [6.45, 7) is 4.71. The number of furan rings is 1. The smallest absolute Gasteiger partial charge is 0.159 e. The van der Waals surface area contributed by atoms with Crippen molar-refractivity contribution >= 4 is 49.8 Å². The average molecular weight is 730 g/mol. The molecular weight excluding hydrogens is 691 g/mol. The lowest BCUT2D eigenvalue weighted by Gasteiger charge is -2.30. The van der Waals surface area contributed by atoms with E-state index in [1.165, 1.54) is 55.3 Å². The molecule has 1 aliphatic rings. The Morgan fingerprint density at radius 1 is 0.386 bits per heavy atom. The highest BCUT2D eigenvalue weighted by atomic mass is 16.3. The van der Waals surface area contributed by atoms with Crippen LogP contribution in [0.4, 0.5) is 17.1 Å². The predicted molar refractivity (Wildman–Crippen MR) is 240 cm³/mol. The van der Waals surface area contributed by atoms with Crippen LogP contribution in [0, 0.1) is 0 Å². The largest absolute Gasteiger partial charge is 0.454 e. The molecule has 2 heteroatoms. The van der Waals surface area contributed by atoms with Crippen molar-refractivity contribution in [1.29, 1.82) is 0 Å². The Balaban J connectivity index is 1.23. The second-order valence-electron chi connectivity index (χ2n) is 15.6. The predicted octanol–water partition coefficient (Wildman–Crippen LogP) is 15.5. The van der Waals surface area contributed by atoms with Crippen LogP contribution >= 0.6 is 0 Å². The summed E-state index contributed by atoms with van der Waals surface area (Å²) in [6, 6.07) is 72.6. The molecule has 270 valence electrons. The van der Waals surface area contributed by atoms with E-state index in [1.54, 1.807) is 0 Å². The maximum absolute atomic E-state index is 6.85. The molecule has 0 unspecified atom stereocenters. The summed E-state index contributed by atoms with van der Waals surface area (Å²) >= 11 is 0. The number of fused-ring (bicyclic) bond motifs is 7. The third-order valence-electron chi connectivity index (χ3n) is 12.1. The van der Waals surface area contributed by atoms with Gasteiger partial charge in [0.25, 0.3) is 0 Å². The summed E-state index contributed by atoms with van der Waals surface area (Å²) in [5, 5.41) is 4.64. The summed E-state index contributed by atoms with van der Waals surface area (Å²) in [5.41, 5.74) is 17.2. The van der Waals surface area contributed by atoms with Crippen LogP contribution in [0.2, 0.25) is 0 Å². The van der Waals surface area contributed by atoms with Crippen molar-refractivity contribution in [2.75, 3.05) is 4.90 Å². The molecule has 0 radical (unpaired) electrons. The maximum Gasteiger partial charge on any atom is 0.159 e. The molecule has 9 aromatic carbocycles. The van der Waals surface area contributed by atoms with E-state index in [-0.39, 0.29) is 5.41 Å². The van der Waals surface area contributed by atoms with Gasteiger partial charge in [-0.15, -0.1) is 0 Å². The van der Waals surface area contributed by atoms with Crippen LogP contribution in [0.5, 0.6) is 0 Å². The Morgan fingerprint density at radius 2 is 0.912 bits per heavy atom. The Hall–Kier alpha value is -7.16. The van der Waals surface area contributed by atoms with Gasteiger partial charge in [-0.3, -0.25) is 0 Å². The van der Waals surface area contributed by atoms with E-state index in [9.17, 15) is 0 Å². The zero-order chi connectivity index (χ0) is 38.1. The first-order valence-electron chi connectivity index (χ1n) is 19.8. The van der Waals surface area contributed by atoms with E-state index in [4.69, 9.17) is 4.42 Å². The second kappa shape index (κ2) is 13.0. The molecule has 0 bridgehead atoms. The summed E-state index contributed by atoms with van der Waals surface area (Å²) < 4.78 is 6.85. The van der Waals surface area contributed by atoms with E-state index in [2.05, 4.69) is 213 Å². The molecule has 2 nitrogen and oxygen atoms in total. The van der Waals surface area contributed by atoms with Crippen molar-refractivity contribution in [3.05, 3.63) is 211 Å². The molecule has 0 saturated heterocycles. The summed E-state index contributed by atoms with van der Waals surface area (Å²) in [5.74, 6) is 0. The molecule has 1 aliphatic carbocycles. The first kappa shape index (κ1) is 33.2. The van der Waals surface area contributed by atoms with Crippen LogP contribution in [0.25, 0.3) is 77.2 Å². The van der Waals surface area contributed by atoms with Crippen LogP contribution in [0.1, 0.15) is 25.0 Å². The third-order valence-corrected chi connectivity index (χ3v) is 12.1. The van der Waals surface area contributed by atoms with Crippen LogP contribution in [-0.2, 0) is 5.41 Å². The lowest BCUT2D eigenvalue weighted by Crippen LogP contribution is -2.15. The van der Waals surface area contributed by atoms with E-state index in [0.29, 0.717) is 0 Å². The molecule has 1 aromatic heterocycles. The Morgan fingerprint density at radius 3 is 1.70 bits per heavy atom. The highest BCUT2D eigenvalue weighted by molar-refractivity contribution is 6.13. The van der Waals surface area contributed by atoms with E-state index in [0.717, 1.165) is 50.1 Å². The number of benzene rings is 9. The van der Waals surface area contributed by atoms with Gasteiger partial charge < -0.3 is 9.32 Å². The number of anilines is 3. The highest BCUT2D eigenvalue weighted by Crippen LogP contribution is 2.55. The minimum atomic E-state index is -0.117. The van der Waals surface area contributed by atoms with Crippen molar-refractivity contribution in [3.8, 4) is 44.5 Å². The lowest BCUT2D eigenvalue weighted by atomic mass is 9.82. The van der Waals surface area contributed by atoms with Gasteiger partial charge in [-0.05, 0) is 79.5 Å². The Labute approximate surface area is 332 Å². The lowest BCUT2D eigenvalue weighted by molar-refractivity contribution is 0.660. The fraction of sp³-hybridized carbons (Fsp3) is 0.0545. The molecule has 0 fully saturated rings. The number of rotatable bonds is 6. The van der Waals surface area contributed by atoms with Gasteiger partial charge in [-0.1, -0.05) is 190 Å². The van der Waals surface area contributed by atoms with Gasteiger partial charge in [-0.25, -0.2) is 0 Å². The molecular formula is C55H39NO. The molecule has 0 saturated carbocycles. The van der Waals surface area contributed by atoms with Crippen molar-refractivity contribution < 1.29 is 4.42 Å². The van der Waals surface area contributed by atoms with Gasteiger partial charge in [0, 0.05) is 27.3 Å². The molecule has 57 heavy (non-hydrogen) atoms. The topological polar surface area (TPSA) is 16.4 Å². The monoisotopic (exact) mass is 729 g/mol. The summed E-state index contributed by atoms with van der Waals surface area (Å²) in [4.78, 5) is 2.45. The van der Waals surface area contributed by atoms with Crippen molar-refractivity contribution in [1.82, 2.24) is 0 Å². The normalized spacial score (nSPS) is 12.9. The minimum absolute atomic E-state index is 0.117. The molecule has 10 aromatic rings. The van der Waals surface area contributed by atoms with Crippen LogP contribution < -0.4 is 4.90 Å². The fourth-order valence-corrected chi connectivity index (χ4v) is 9.49. The third kappa shape index (κ3) is 5.11. The van der Waals surface area contributed by atoms with Gasteiger partial charge in [-0.2, -0.15) is 0 Å². The Bertz CT molecular complexity index is 3160. The maximum atomic E-state index is 6.85. The highest BCUT2D eigenvalue weighted by Gasteiger charge is 2.37.